The molecule has 4 nitrogen and oxygen atoms in total. The molecule has 1 rings (SSSR count). The highest BCUT2D eigenvalue weighted by Gasteiger charge is 1.99. The summed E-state index contributed by atoms with van der Waals surface area (Å²) in [6, 6.07) is 8.25. The Labute approximate surface area is 116 Å². The van der Waals surface area contributed by atoms with Gasteiger partial charge in [0.1, 0.15) is 0 Å². The number of hydrogen-bond donors (Lipinski definition) is 2. The van der Waals surface area contributed by atoms with Crippen molar-refractivity contribution in [3.8, 4) is 0 Å². The summed E-state index contributed by atoms with van der Waals surface area (Å²) in [6.45, 7) is 10.2. The van der Waals surface area contributed by atoms with Crippen LogP contribution in [0.15, 0.2) is 29.3 Å². The highest BCUT2D eigenvalue weighted by molar-refractivity contribution is 5.92. The average molecular weight is 262 g/mol. The third-order valence-corrected chi connectivity index (χ3v) is 3.20. The zero-order valence-corrected chi connectivity index (χ0v) is 12.3. The van der Waals surface area contributed by atoms with Crippen molar-refractivity contribution in [2.75, 3.05) is 31.5 Å². The van der Waals surface area contributed by atoms with E-state index in [0.717, 1.165) is 38.3 Å². The van der Waals surface area contributed by atoms with Crippen molar-refractivity contribution in [3.05, 3.63) is 29.8 Å². The van der Waals surface area contributed by atoms with Crippen LogP contribution in [0.5, 0.6) is 0 Å². The quantitative estimate of drug-likeness (QED) is 0.585. The number of aryl methyl sites for hydroxylation is 1. The predicted octanol–water partition coefficient (Wildman–Crippen LogP) is 2.32. The Morgan fingerprint density at radius 3 is 2.63 bits per heavy atom. The topological polar surface area (TPSA) is 53.6 Å². The Bertz CT molecular complexity index is 397. The molecular formula is C15H26N4. The Morgan fingerprint density at radius 2 is 2.00 bits per heavy atom. The smallest absolute Gasteiger partial charge is 0.193 e. The molecule has 1 aromatic carbocycles. The van der Waals surface area contributed by atoms with Crippen LogP contribution in [0.2, 0.25) is 0 Å². The number of nitrogens with one attached hydrogen (secondary N) is 1. The summed E-state index contributed by atoms with van der Waals surface area (Å²) in [5, 5.41) is 3.14. The van der Waals surface area contributed by atoms with Crippen molar-refractivity contribution in [3.63, 3.8) is 0 Å². The van der Waals surface area contributed by atoms with Crippen LogP contribution in [0.4, 0.5) is 5.69 Å². The molecule has 0 radical (unpaired) electrons. The van der Waals surface area contributed by atoms with Gasteiger partial charge in [-0.05, 0) is 37.2 Å². The molecule has 106 valence electrons. The van der Waals surface area contributed by atoms with E-state index in [9.17, 15) is 0 Å². The molecule has 0 aliphatic heterocycles. The van der Waals surface area contributed by atoms with E-state index in [1.807, 2.05) is 12.1 Å². The third-order valence-electron chi connectivity index (χ3n) is 3.20. The van der Waals surface area contributed by atoms with E-state index in [0.29, 0.717) is 5.96 Å². The van der Waals surface area contributed by atoms with Gasteiger partial charge in [-0.15, -0.1) is 0 Å². The Hall–Kier alpha value is -1.55. The fourth-order valence-electron chi connectivity index (χ4n) is 1.91. The molecule has 4 heteroatoms. The molecule has 19 heavy (non-hydrogen) atoms. The first kappa shape index (κ1) is 15.5. The van der Waals surface area contributed by atoms with Crippen LogP contribution in [0.1, 0.15) is 26.3 Å². The van der Waals surface area contributed by atoms with Gasteiger partial charge < -0.3 is 16.0 Å². The van der Waals surface area contributed by atoms with Crippen LogP contribution in [0, 0.1) is 0 Å². The third kappa shape index (κ3) is 5.75. The largest absolute Gasteiger partial charge is 0.370 e. The van der Waals surface area contributed by atoms with Crippen molar-refractivity contribution in [1.82, 2.24) is 4.90 Å². The number of benzene rings is 1. The number of hydrogen-bond acceptors (Lipinski definition) is 2. The van der Waals surface area contributed by atoms with Crippen molar-refractivity contribution >= 4 is 11.6 Å². The van der Waals surface area contributed by atoms with Crippen LogP contribution >= 0.6 is 0 Å². The van der Waals surface area contributed by atoms with Crippen molar-refractivity contribution in [2.24, 2.45) is 10.7 Å². The maximum atomic E-state index is 5.89. The summed E-state index contributed by atoms with van der Waals surface area (Å²) < 4.78 is 0. The summed E-state index contributed by atoms with van der Waals surface area (Å²) >= 11 is 0. The fraction of sp³-hybridized carbons (Fsp3) is 0.533. The van der Waals surface area contributed by atoms with E-state index in [2.05, 4.69) is 48.1 Å². The van der Waals surface area contributed by atoms with Crippen LogP contribution in [-0.2, 0) is 6.42 Å². The number of rotatable bonds is 7. The normalized spacial score (nSPS) is 11.9. The molecule has 0 aliphatic carbocycles. The molecule has 0 bridgehead atoms. The number of aliphatic imine (C=N–C) groups is 1. The molecule has 0 saturated heterocycles. The van der Waals surface area contributed by atoms with Gasteiger partial charge >= 0.3 is 0 Å². The van der Waals surface area contributed by atoms with E-state index in [4.69, 9.17) is 5.73 Å². The van der Waals surface area contributed by atoms with E-state index in [1.54, 1.807) is 0 Å². The van der Waals surface area contributed by atoms with Crippen LogP contribution in [0.3, 0.4) is 0 Å². The highest BCUT2D eigenvalue weighted by Crippen LogP contribution is 2.10. The van der Waals surface area contributed by atoms with Gasteiger partial charge in [-0.25, -0.2) is 0 Å². The summed E-state index contributed by atoms with van der Waals surface area (Å²) in [5.74, 6) is 0.486. The first-order valence-electron chi connectivity index (χ1n) is 7.07. The second-order valence-corrected chi connectivity index (χ2v) is 4.47. The molecule has 1 aromatic rings. The zero-order chi connectivity index (χ0) is 14.1. The summed E-state index contributed by atoms with van der Waals surface area (Å²) in [7, 11) is 0. The second-order valence-electron chi connectivity index (χ2n) is 4.47. The van der Waals surface area contributed by atoms with Gasteiger partial charge in [0.05, 0.1) is 6.54 Å². The molecule has 0 heterocycles. The molecule has 0 spiro atoms. The second kappa shape index (κ2) is 8.53. The lowest BCUT2D eigenvalue weighted by Gasteiger charge is -2.16. The van der Waals surface area contributed by atoms with Crippen molar-refractivity contribution < 1.29 is 0 Å². The molecule has 0 unspecified atom stereocenters. The van der Waals surface area contributed by atoms with E-state index < -0.39 is 0 Å². The van der Waals surface area contributed by atoms with Gasteiger partial charge in [0, 0.05) is 12.2 Å². The van der Waals surface area contributed by atoms with Crippen molar-refractivity contribution in [1.29, 1.82) is 0 Å². The van der Waals surface area contributed by atoms with E-state index in [1.165, 1.54) is 5.56 Å². The predicted molar refractivity (Wildman–Crippen MR) is 83.7 cm³/mol. The van der Waals surface area contributed by atoms with Gasteiger partial charge in [0.25, 0.3) is 0 Å². The first-order chi connectivity index (χ1) is 9.19. The number of guanidine groups is 1. The minimum absolute atomic E-state index is 0.486. The Balaban J connectivity index is 2.46. The molecule has 0 amide bonds. The van der Waals surface area contributed by atoms with Crippen molar-refractivity contribution in [2.45, 2.75) is 27.2 Å². The molecular weight excluding hydrogens is 236 g/mol. The molecule has 0 saturated carbocycles. The molecule has 0 aromatic heterocycles. The van der Waals surface area contributed by atoms with E-state index in [-0.39, 0.29) is 0 Å². The van der Waals surface area contributed by atoms with Gasteiger partial charge in [-0.1, -0.05) is 32.9 Å². The SMILES string of the molecule is CCc1cccc(NC(N)=NCCN(CC)CC)c1. The summed E-state index contributed by atoms with van der Waals surface area (Å²) in [6.07, 6.45) is 1.02. The van der Waals surface area contributed by atoms with Gasteiger partial charge in [-0.2, -0.15) is 0 Å². The minimum atomic E-state index is 0.486. The zero-order valence-electron chi connectivity index (χ0n) is 12.3. The van der Waals surface area contributed by atoms with Gasteiger partial charge in [-0.3, -0.25) is 4.99 Å². The number of nitrogens with zero attached hydrogens (tertiary/aromatic N) is 2. The molecule has 0 aliphatic rings. The first-order valence-corrected chi connectivity index (χ1v) is 7.07. The number of nitrogens with two attached hydrogens (primary N) is 1. The van der Waals surface area contributed by atoms with Crippen LogP contribution in [-0.4, -0.2) is 37.0 Å². The van der Waals surface area contributed by atoms with Crippen LogP contribution < -0.4 is 11.1 Å². The lowest BCUT2D eigenvalue weighted by atomic mass is 10.1. The lowest BCUT2D eigenvalue weighted by molar-refractivity contribution is 0.313. The molecule has 0 fully saturated rings. The highest BCUT2D eigenvalue weighted by atomic mass is 15.1. The van der Waals surface area contributed by atoms with Crippen LogP contribution in [0.25, 0.3) is 0 Å². The summed E-state index contributed by atoms with van der Waals surface area (Å²) in [5.41, 5.74) is 8.18. The fourth-order valence-corrected chi connectivity index (χ4v) is 1.91. The average Bonchev–Trinajstić information content (AvgIpc) is 2.44. The minimum Gasteiger partial charge on any atom is -0.370 e. The Kier molecular flexibility index (Phi) is 6.97. The molecule has 3 N–H and O–H groups in total. The van der Waals surface area contributed by atoms with Gasteiger partial charge in [0.15, 0.2) is 5.96 Å². The summed E-state index contributed by atoms with van der Waals surface area (Å²) in [4.78, 5) is 6.68. The number of likely N-dealkylation sites (N-methyl/N-ethyl adjacent to an activating group) is 1. The van der Waals surface area contributed by atoms with E-state index >= 15 is 0 Å². The standard InChI is InChI=1S/C15H26N4/c1-4-13-8-7-9-14(12-13)18-15(16)17-10-11-19(5-2)6-3/h7-9,12H,4-6,10-11H2,1-3H3,(H3,16,17,18). The maximum absolute atomic E-state index is 5.89. The lowest BCUT2D eigenvalue weighted by Crippen LogP contribution is -2.28. The molecule has 0 atom stereocenters. The Morgan fingerprint density at radius 1 is 1.26 bits per heavy atom. The number of anilines is 1. The monoisotopic (exact) mass is 262 g/mol. The maximum Gasteiger partial charge on any atom is 0.193 e. The van der Waals surface area contributed by atoms with Gasteiger partial charge in [0.2, 0.25) is 0 Å².